The fourth-order valence-corrected chi connectivity index (χ4v) is 4.25. The molecule has 7 heteroatoms. The average molecular weight is 353 g/mol. The van der Waals surface area contributed by atoms with E-state index < -0.39 is 11.8 Å². The van der Waals surface area contributed by atoms with Gasteiger partial charge in [-0.1, -0.05) is 18.7 Å². The highest BCUT2D eigenvalue weighted by Crippen LogP contribution is 2.54. The van der Waals surface area contributed by atoms with Gasteiger partial charge in [0.25, 0.3) is 5.92 Å². The van der Waals surface area contributed by atoms with Crippen molar-refractivity contribution in [1.82, 2.24) is 10.3 Å². The number of pyridine rings is 1. The third-order valence-corrected chi connectivity index (χ3v) is 5.48. The molecule has 3 rings (SSSR count). The standard InChI is InChI=1S/C17H21F2N3OS/c1-2-24-16(22-15(23)7-11-3-5-20-6-4-11)21-14-9-13-8-12(14)10-17(13,18)19/h3-6,12-14H,2,7-10H2,1H3,(H,21,22,23)/t12?,13-,14?/m1/s1. The number of hydrogen-bond donors (Lipinski definition) is 1. The minimum Gasteiger partial charge on any atom is -0.305 e. The highest BCUT2D eigenvalue weighted by molar-refractivity contribution is 8.13. The molecule has 1 heterocycles. The summed E-state index contributed by atoms with van der Waals surface area (Å²) in [5.41, 5.74) is 0.878. The van der Waals surface area contributed by atoms with Gasteiger partial charge in [0, 0.05) is 24.7 Å². The average Bonchev–Trinajstić information content (AvgIpc) is 3.04. The van der Waals surface area contributed by atoms with Gasteiger partial charge in [-0.05, 0) is 42.2 Å². The Labute approximate surface area is 144 Å². The van der Waals surface area contributed by atoms with E-state index in [2.05, 4.69) is 15.3 Å². The molecule has 0 aromatic carbocycles. The number of fused-ring (bicyclic) bond motifs is 2. The van der Waals surface area contributed by atoms with Crippen molar-refractivity contribution >= 4 is 22.8 Å². The number of aromatic nitrogens is 1. The smallest absolute Gasteiger partial charge is 0.251 e. The van der Waals surface area contributed by atoms with Crippen LogP contribution in [-0.2, 0) is 11.2 Å². The molecule has 2 fully saturated rings. The highest BCUT2D eigenvalue weighted by atomic mass is 32.2. The summed E-state index contributed by atoms with van der Waals surface area (Å²) in [4.78, 5) is 20.7. The van der Waals surface area contributed by atoms with Gasteiger partial charge in [0.15, 0.2) is 5.17 Å². The lowest BCUT2D eigenvalue weighted by Crippen LogP contribution is -2.34. The third kappa shape index (κ3) is 3.94. The summed E-state index contributed by atoms with van der Waals surface area (Å²) in [6.45, 7) is 1.98. The Morgan fingerprint density at radius 2 is 2.17 bits per heavy atom. The Balaban J connectivity index is 1.62. The summed E-state index contributed by atoms with van der Waals surface area (Å²) < 4.78 is 27.2. The Morgan fingerprint density at radius 3 is 2.75 bits per heavy atom. The first-order chi connectivity index (χ1) is 11.5. The van der Waals surface area contributed by atoms with Gasteiger partial charge in [-0.2, -0.15) is 0 Å². The SMILES string of the molecule is CCSC(=NC1C[C@H]2CC1CC2(F)F)NC(=O)Cc1ccncc1. The lowest BCUT2D eigenvalue weighted by atomic mass is 9.93. The summed E-state index contributed by atoms with van der Waals surface area (Å²) in [7, 11) is 0. The van der Waals surface area contributed by atoms with Crippen molar-refractivity contribution in [2.45, 2.75) is 44.6 Å². The van der Waals surface area contributed by atoms with E-state index >= 15 is 0 Å². The van der Waals surface area contributed by atoms with Gasteiger partial charge in [0.05, 0.1) is 12.5 Å². The van der Waals surface area contributed by atoms with E-state index in [-0.39, 0.29) is 30.7 Å². The predicted molar refractivity (Wildman–Crippen MR) is 91.2 cm³/mol. The third-order valence-electron chi connectivity index (χ3n) is 4.71. The molecule has 4 nitrogen and oxygen atoms in total. The molecule has 2 saturated carbocycles. The minimum atomic E-state index is -2.53. The monoisotopic (exact) mass is 353 g/mol. The minimum absolute atomic E-state index is 0.0606. The van der Waals surface area contributed by atoms with Crippen LogP contribution in [0.1, 0.15) is 31.7 Å². The lowest BCUT2D eigenvalue weighted by Gasteiger charge is -2.25. The van der Waals surface area contributed by atoms with Crippen LogP contribution in [0.15, 0.2) is 29.5 Å². The quantitative estimate of drug-likeness (QED) is 0.668. The first-order valence-electron chi connectivity index (χ1n) is 8.25. The van der Waals surface area contributed by atoms with Crippen molar-refractivity contribution < 1.29 is 13.6 Å². The zero-order chi connectivity index (χ0) is 17.2. The number of thioether (sulfide) groups is 1. The second-order valence-electron chi connectivity index (χ2n) is 6.41. The normalized spacial score (nSPS) is 28.1. The molecule has 1 aromatic rings. The van der Waals surface area contributed by atoms with Crippen LogP contribution < -0.4 is 5.32 Å². The summed E-state index contributed by atoms with van der Waals surface area (Å²) >= 11 is 1.45. The molecule has 0 saturated heterocycles. The number of carbonyl (C=O) groups excluding carboxylic acids is 1. The van der Waals surface area contributed by atoms with Crippen molar-refractivity contribution in [3.8, 4) is 0 Å². The summed E-state index contributed by atoms with van der Waals surface area (Å²) in [6, 6.07) is 3.49. The number of alkyl halides is 2. The van der Waals surface area contributed by atoms with Crippen LogP contribution in [0.3, 0.4) is 0 Å². The van der Waals surface area contributed by atoms with Gasteiger partial charge in [0.2, 0.25) is 5.91 Å². The zero-order valence-electron chi connectivity index (χ0n) is 13.5. The molecule has 24 heavy (non-hydrogen) atoms. The van der Waals surface area contributed by atoms with Crippen LogP contribution >= 0.6 is 11.8 Å². The number of amidine groups is 1. The number of rotatable bonds is 4. The maximum Gasteiger partial charge on any atom is 0.251 e. The fraction of sp³-hybridized carbons (Fsp3) is 0.588. The van der Waals surface area contributed by atoms with E-state index in [0.29, 0.717) is 18.0 Å². The predicted octanol–water partition coefficient (Wildman–Crippen LogP) is 3.28. The maximum atomic E-state index is 13.6. The Kier molecular flexibility index (Phi) is 5.18. The first-order valence-corrected chi connectivity index (χ1v) is 9.23. The van der Waals surface area contributed by atoms with Crippen LogP contribution in [0.25, 0.3) is 0 Å². The molecule has 1 N–H and O–H groups in total. The van der Waals surface area contributed by atoms with E-state index in [0.717, 1.165) is 11.3 Å². The van der Waals surface area contributed by atoms with Crippen LogP contribution in [0.5, 0.6) is 0 Å². The van der Waals surface area contributed by atoms with E-state index in [1.807, 2.05) is 6.92 Å². The Hall–Kier alpha value is -1.50. The summed E-state index contributed by atoms with van der Waals surface area (Å²) in [5, 5.41) is 3.39. The first kappa shape index (κ1) is 17.3. The molecule has 2 bridgehead atoms. The second kappa shape index (κ2) is 7.17. The second-order valence-corrected chi connectivity index (χ2v) is 7.66. The molecule has 2 aliphatic carbocycles. The van der Waals surface area contributed by atoms with Gasteiger partial charge >= 0.3 is 0 Å². The molecule has 3 atom stereocenters. The van der Waals surface area contributed by atoms with Gasteiger partial charge in [-0.3, -0.25) is 14.8 Å². The van der Waals surface area contributed by atoms with Crippen molar-refractivity contribution in [3.63, 3.8) is 0 Å². The number of halogens is 2. The van der Waals surface area contributed by atoms with Crippen LogP contribution in [0.4, 0.5) is 8.78 Å². The largest absolute Gasteiger partial charge is 0.305 e. The summed E-state index contributed by atoms with van der Waals surface area (Å²) in [5.74, 6) is -2.51. The fourth-order valence-electron chi connectivity index (χ4n) is 3.58. The Bertz CT molecular complexity index is 624. The van der Waals surface area contributed by atoms with Gasteiger partial charge in [-0.25, -0.2) is 8.78 Å². The van der Waals surface area contributed by atoms with Crippen molar-refractivity contribution in [1.29, 1.82) is 0 Å². The van der Waals surface area contributed by atoms with Gasteiger partial charge in [0.1, 0.15) is 0 Å². The van der Waals surface area contributed by atoms with Crippen molar-refractivity contribution in [2.24, 2.45) is 16.8 Å². The topological polar surface area (TPSA) is 54.4 Å². The highest BCUT2D eigenvalue weighted by Gasteiger charge is 2.56. The van der Waals surface area contributed by atoms with E-state index in [1.165, 1.54) is 11.8 Å². The van der Waals surface area contributed by atoms with Crippen molar-refractivity contribution in [2.75, 3.05) is 5.75 Å². The number of hydrogen-bond acceptors (Lipinski definition) is 4. The van der Waals surface area contributed by atoms with E-state index in [4.69, 9.17) is 0 Å². The number of amides is 1. The van der Waals surface area contributed by atoms with Crippen LogP contribution in [0.2, 0.25) is 0 Å². The van der Waals surface area contributed by atoms with Crippen molar-refractivity contribution in [3.05, 3.63) is 30.1 Å². The summed E-state index contributed by atoms with van der Waals surface area (Å²) in [6.07, 6.45) is 4.45. The molecule has 2 aliphatic rings. The molecular formula is C17H21F2N3OS. The number of aliphatic imine (C=N–C) groups is 1. The maximum absolute atomic E-state index is 13.6. The molecule has 0 spiro atoms. The van der Waals surface area contributed by atoms with Gasteiger partial charge in [-0.15, -0.1) is 0 Å². The zero-order valence-corrected chi connectivity index (χ0v) is 14.4. The molecule has 1 amide bonds. The number of nitrogens with zero attached hydrogens (tertiary/aromatic N) is 2. The van der Waals surface area contributed by atoms with Crippen LogP contribution in [-0.4, -0.2) is 33.8 Å². The Morgan fingerprint density at radius 1 is 1.42 bits per heavy atom. The van der Waals surface area contributed by atoms with E-state index in [1.54, 1.807) is 24.5 Å². The van der Waals surface area contributed by atoms with Crippen LogP contribution in [0, 0.1) is 11.8 Å². The van der Waals surface area contributed by atoms with E-state index in [9.17, 15) is 13.6 Å². The number of nitrogens with one attached hydrogen (secondary N) is 1. The number of carbonyl (C=O) groups is 1. The molecule has 130 valence electrons. The molecule has 0 aliphatic heterocycles. The molecule has 2 unspecified atom stereocenters. The molecule has 0 radical (unpaired) electrons. The molecular weight excluding hydrogens is 332 g/mol. The van der Waals surface area contributed by atoms with Gasteiger partial charge < -0.3 is 5.32 Å². The molecule has 1 aromatic heterocycles. The lowest BCUT2D eigenvalue weighted by molar-refractivity contribution is -0.119.